The van der Waals surface area contributed by atoms with Crippen molar-refractivity contribution in [3.63, 3.8) is 0 Å². The van der Waals surface area contributed by atoms with Crippen molar-refractivity contribution < 1.29 is 9.32 Å². The van der Waals surface area contributed by atoms with Crippen LogP contribution < -0.4 is 11.1 Å². The number of carbonyl (C=O) groups is 1. The third-order valence-electron chi connectivity index (χ3n) is 2.70. The summed E-state index contributed by atoms with van der Waals surface area (Å²) in [6.45, 7) is 2.01. The second-order valence-corrected chi connectivity index (χ2v) is 4.27. The van der Waals surface area contributed by atoms with Gasteiger partial charge in [-0.3, -0.25) is 10.1 Å². The molecule has 1 aromatic heterocycles. The Bertz CT molecular complexity index is 539. The van der Waals surface area contributed by atoms with Gasteiger partial charge in [0.1, 0.15) is 0 Å². The minimum Gasteiger partial charge on any atom is -0.368 e. The number of aromatic nitrogens is 2. The van der Waals surface area contributed by atoms with E-state index < -0.39 is 11.9 Å². The van der Waals surface area contributed by atoms with Crippen LogP contribution in [0.2, 0.25) is 0 Å². The molecule has 1 unspecified atom stereocenters. The van der Waals surface area contributed by atoms with Gasteiger partial charge in [-0.25, -0.2) is 0 Å². The number of nitrogens with one attached hydrogen (secondary N) is 1. The summed E-state index contributed by atoms with van der Waals surface area (Å²) in [6.07, 6.45) is 0.621. The molecule has 0 radical (unpaired) electrons. The molecule has 1 amide bonds. The highest BCUT2D eigenvalue weighted by Gasteiger charge is 2.11. The summed E-state index contributed by atoms with van der Waals surface area (Å²) in [5.74, 6) is 0.651. The molecule has 0 aliphatic carbocycles. The van der Waals surface area contributed by atoms with Gasteiger partial charge in [0.05, 0.1) is 12.6 Å². The molecular weight excluding hydrogens is 244 g/mol. The quantitative estimate of drug-likeness (QED) is 0.794. The maximum absolute atomic E-state index is 10.9. The van der Waals surface area contributed by atoms with E-state index >= 15 is 0 Å². The number of nitrogens with two attached hydrogens (primary N) is 1. The van der Waals surface area contributed by atoms with E-state index in [1.165, 1.54) is 0 Å². The molecule has 1 heterocycles. The predicted molar refractivity (Wildman–Crippen MR) is 69.0 cm³/mol. The van der Waals surface area contributed by atoms with Crippen LogP contribution in [0.25, 0.3) is 0 Å². The molecule has 1 aromatic carbocycles. The molecule has 6 nitrogen and oxygen atoms in total. The number of hydrogen-bond donors (Lipinski definition) is 2. The summed E-state index contributed by atoms with van der Waals surface area (Å²) in [7, 11) is 0. The average Bonchev–Trinajstić information content (AvgIpc) is 2.84. The number of nitrogens with zero attached hydrogens (tertiary/aromatic N) is 2. The van der Waals surface area contributed by atoms with Crippen LogP contribution in [0.1, 0.15) is 24.2 Å². The molecule has 0 saturated carbocycles. The van der Waals surface area contributed by atoms with Crippen LogP contribution in [0, 0.1) is 0 Å². The fraction of sp³-hybridized carbons (Fsp3) is 0.308. The van der Waals surface area contributed by atoms with Crippen LogP contribution in [0.3, 0.4) is 0 Å². The monoisotopic (exact) mass is 260 g/mol. The van der Waals surface area contributed by atoms with Crippen LogP contribution in [-0.2, 0) is 17.8 Å². The van der Waals surface area contributed by atoms with Crippen LogP contribution in [-0.4, -0.2) is 22.1 Å². The first-order chi connectivity index (χ1) is 9.15. The smallest absolute Gasteiger partial charge is 0.240 e. The third-order valence-corrected chi connectivity index (χ3v) is 2.70. The molecular formula is C13H16N4O2. The molecule has 100 valence electrons. The van der Waals surface area contributed by atoms with Crippen molar-refractivity contribution in [2.24, 2.45) is 5.73 Å². The third kappa shape index (κ3) is 3.89. The molecule has 6 heteroatoms. The van der Waals surface area contributed by atoms with Gasteiger partial charge in [0, 0.05) is 6.42 Å². The van der Waals surface area contributed by atoms with Gasteiger partial charge in [-0.1, -0.05) is 35.5 Å². The van der Waals surface area contributed by atoms with Gasteiger partial charge >= 0.3 is 0 Å². The lowest BCUT2D eigenvalue weighted by Gasteiger charge is -2.06. The highest BCUT2D eigenvalue weighted by molar-refractivity contribution is 5.79. The fourth-order valence-corrected chi connectivity index (χ4v) is 1.55. The maximum Gasteiger partial charge on any atom is 0.240 e. The first kappa shape index (κ1) is 13.2. The van der Waals surface area contributed by atoms with Gasteiger partial charge in [-0.05, 0) is 12.5 Å². The highest BCUT2D eigenvalue weighted by atomic mass is 16.5. The summed E-state index contributed by atoms with van der Waals surface area (Å²) in [5, 5.41) is 6.80. The first-order valence-corrected chi connectivity index (χ1v) is 6.03. The van der Waals surface area contributed by atoms with Crippen molar-refractivity contribution >= 4 is 5.91 Å². The molecule has 19 heavy (non-hydrogen) atoms. The van der Waals surface area contributed by atoms with Gasteiger partial charge in [0.25, 0.3) is 0 Å². The molecule has 0 aliphatic heterocycles. The van der Waals surface area contributed by atoms with Crippen molar-refractivity contribution in [3.05, 3.63) is 47.6 Å². The molecule has 2 aromatic rings. The summed E-state index contributed by atoms with van der Waals surface area (Å²) >= 11 is 0. The van der Waals surface area contributed by atoms with Gasteiger partial charge in [0.2, 0.25) is 11.8 Å². The molecule has 0 bridgehead atoms. The average molecular weight is 260 g/mol. The van der Waals surface area contributed by atoms with Crippen LogP contribution >= 0.6 is 0 Å². The van der Waals surface area contributed by atoms with E-state index in [9.17, 15) is 4.79 Å². The first-order valence-electron chi connectivity index (χ1n) is 6.03. The molecule has 3 N–H and O–H groups in total. The minimum absolute atomic E-state index is 0.325. The second-order valence-electron chi connectivity index (χ2n) is 4.27. The lowest BCUT2D eigenvalue weighted by molar-refractivity contribution is -0.119. The maximum atomic E-state index is 10.9. The zero-order valence-corrected chi connectivity index (χ0v) is 10.7. The topological polar surface area (TPSA) is 94.0 Å². The Balaban J connectivity index is 1.90. The fourth-order valence-electron chi connectivity index (χ4n) is 1.55. The molecule has 0 saturated heterocycles. The molecule has 0 fully saturated rings. The lowest BCUT2D eigenvalue weighted by atomic mass is 10.1. The van der Waals surface area contributed by atoms with E-state index in [4.69, 9.17) is 10.3 Å². The number of hydrogen-bond acceptors (Lipinski definition) is 5. The van der Waals surface area contributed by atoms with Gasteiger partial charge in [-0.15, -0.1) is 0 Å². The number of amides is 1. The highest BCUT2D eigenvalue weighted by Crippen LogP contribution is 2.06. The zero-order chi connectivity index (χ0) is 13.7. The zero-order valence-electron chi connectivity index (χ0n) is 10.7. The van der Waals surface area contributed by atoms with Gasteiger partial charge in [0.15, 0.2) is 5.82 Å². The number of primary amides is 1. The second kappa shape index (κ2) is 6.10. The summed E-state index contributed by atoms with van der Waals surface area (Å²) in [4.78, 5) is 15.1. The summed E-state index contributed by atoms with van der Waals surface area (Å²) < 4.78 is 5.09. The Morgan fingerprint density at radius 3 is 2.84 bits per heavy atom. The van der Waals surface area contributed by atoms with Gasteiger partial charge < -0.3 is 10.3 Å². The van der Waals surface area contributed by atoms with Crippen molar-refractivity contribution in [2.75, 3.05) is 0 Å². The van der Waals surface area contributed by atoms with Crippen molar-refractivity contribution in [1.29, 1.82) is 0 Å². The van der Waals surface area contributed by atoms with E-state index in [0.29, 0.717) is 24.7 Å². The van der Waals surface area contributed by atoms with Crippen molar-refractivity contribution in [1.82, 2.24) is 15.5 Å². The van der Waals surface area contributed by atoms with E-state index in [0.717, 1.165) is 5.56 Å². The summed E-state index contributed by atoms with van der Waals surface area (Å²) in [5.41, 5.74) is 6.26. The Morgan fingerprint density at radius 1 is 1.42 bits per heavy atom. The van der Waals surface area contributed by atoms with E-state index in [1.807, 2.05) is 30.3 Å². The Morgan fingerprint density at radius 2 is 2.16 bits per heavy atom. The van der Waals surface area contributed by atoms with Crippen molar-refractivity contribution in [3.8, 4) is 0 Å². The number of rotatable bonds is 6. The van der Waals surface area contributed by atoms with Crippen LogP contribution in [0.4, 0.5) is 0 Å². The Hall–Kier alpha value is -2.21. The number of benzene rings is 1. The molecule has 0 aliphatic rings. The van der Waals surface area contributed by atoms with Crippen molar-refractivity contribution in [2.45, 2.75) is 25.9 Å². The molecule has 2 rings (SSSR count). The molecule has 1 atom stereocenters. The van der Waals surface area contributed by atoms with Crippen LogP contribution in [0.15, 0.2) is 34.9 Å². The largest absolute Gasteiger partial charge is 0.368 e. The predicted octanol–water partition coefficient (Wildman–Crippen LogP) is 0.624. The van der Waals surface area contributed by atoms with E-state index in [2.05, 4.69) is 15.5 Å². The Kier molecular flexibility index (Phi) is 4.25. The van der Waals surface area contributed by atoms with Crippen LogP contribution in [0.5, 0.6) is 0 Å². The Labute approximate surface area is 111 Å². The van der Waals surface area contributed by atoms with E-state index in [1.54, 1.807) is 6.92 Å². The SMILES string of the molecule is CC(NCc1nc(Cc2ccccc2)no1)C(N)=O. The summed E-state index contributed by atoms with van der Waals surface area (Å²) in [6, 6.07) is 9.47. The standard InChI is InChI=1S/C13H16N4O2/c1-9(13(14)18)15-8-12-16-11(17-19-12)7-10-5-3-2-4-6-10/h2-6,9,15H,7-8H2,1H3,(H2,14,18). The lowest BCUT2D eigenvalue weighted by Crippen LogP contribution is -2.38. The minimum atomic E-state index is -0.426. The number of carbonyl (C=O) groups excluding carboxylic acids is 1. The normalized spacial score (nSPS) is 12.3. The van der Waals surface area contributed by atoms with E-state index in [-0.39, 0.29) is 0 Å². The van der Waals surface area contributed by atoms with Gasteiger partial charge in [-0.2, -0.15) is 4.98 Å². The molecule has 0 spiro atoms.